The molecule has 0 aromatic heterocycles. The highest BCUT2D eigenvalue weighted by Gasteiger charge is 2.42. The van der Waals surface area contributed by atoms with E-state index in [0.29, 0.717) is 0 Å². The van der Waals surface area contributed by atoms with E-state index < -0.39 is 22.8 Å². The predicted molar refractivity (Wildman–Crippen MR) is 85.4 cm³/mol. The summed E-state index contributed by atoms with van der Waals surface area (Å²) in [5, 5.41) is 31.7. The molecule has 0 unspecified atom stereocenters. The molecule has 1 aliphatic heterocycles. The highest BCUT2D eigenvalue weighted by Crippen LogP contribution is 2.44. The van der Waals surface area contributed by atoms with Gasteiger partial charge in [0.05, 0.1) is 40.5 Å². The van der Waals surface area contributed by atoms with Crippen LogP contribution in [0.3, 0.4) is 0 Å². The highest BCUT2D eigenvalue weighted by molar-refractivity contribution is 5.98. The molecular formula is C16H16N2O7. The first kappa shape index (κ1) is 18.1. The lowest BCUT2D eigenvalue weighted by Gasteiger charge is -2.34. The van der Waals surface area contributed by atoms with Gasteiger partial charge in [0, 0.05) is 11.6 Å². The lowest BCUT2D eigenvalue weighted by atomic mass is 9.79. The number of benzene rings is 1. The van der Waals surface area contributed by atoms with Gasteiger partial charge >= 0.3 is 11.9 Å². The molecule has 2 N–H and O–H groups in total. The average Bonchev–Trinajstić information content (AvgIpc) is 2.53. The van der Waals surface area contributed by atoms with Gasteiger partial charge in [0.1, 0.15) is 0 Å². The van der Waals surface area contributed by atoms with Gasteiger partial charge in [-0.1, -0.05) is 18.2 Å². The van der Waals surface area contributed by atoms with Gasteiger partial charge in [0.2, 0.25) is 0 Å². The topological polar surface area (TPSA) is 130 Å². The van der Waals surface area contributed by atoms with Gasteiger partial charge in [-0.25, -0.2) is 14.7 Å². The summed E-state index contributed by atoms with van der Waals surface area (Å²) in [6, 6.07) is 5.49. The summed E-state index contributed by atoms with van der Waals surface area (Å²) >= 11 is 0. The Bertz CT molecular complexity index is 788. The predicted octanol–water partition coefficient (Wildman–Crippen LogP) is 2.27. The molecule has 0 fully saturated rings. The first-order chi connectivity index (χ1) is 11.7. The minimum atomic E-state index is -1.38. The summed E-state index contributed by atoms with van der Waals surface area (Å²) in [6.45, 7) is 2.91. The Labute approximate surface area is 142 Å². The number of carboxylic acids is 2. The van der Waals surface area contributed by atoms with E-state index in [1.54, 1.807) is 0 Å². The summed E-state index contributed by atoms with van der Waals surface area (Å²) in [4.78, 5) is 39.5. The molecule has 0 amide bonds. The number of rotatable bonds is 5. The fraction of sp³-hybridized carbons (Fsp3) is 0.250. The molecular weight excluding hydrogens is 332 g/mol. The van der Waals surface area contributed by atoms with Crippen LogP contribution in [0.1, 0.15) is 25.3 Å². The van der Waals surface area contributed by atoms with Crippen molar-refractivity contribution >= 4 is 17.6 Å². The molecule has 132 valence electrons. The fourth-order valence-corrected chi connectivity index (χ4v) is 3.07. The first-order valence-electron chi connectivity index (χ1n) is 7.18. The standard InChI is InChI=1S/C16H16N2O7/c1-8-12(15(19)20)14(10-6-4-5-7-11(10)18(23)24)13(16(21)22)9(2)17(8)25-3/h4-7,14H,1-3H3,(H,19,20)(H,21,22). The lowest BCUT2D eigenvalue weighted by molar-refractivity contribution is -0.385. The van der Waals surface area contributed by atoms with Crippen LogP contribution in [0.4, 0.5) is 5.69 Å². The molecule has 0 spiro atoms. The van der Waals surface area contributed by atoms with Crippen LogP contribution in [-0.2, 0) is 14.4 Å². The maximum atomic E-state index is 11.8. The van der Waals surface area contributed by atoms with Crippen molar-refractivity contribution in [3.8, 4) is 0 Å². The number of nitro benzene ring substituents is 1. The molecule has 1 heterocycles. The molecule has 25 heavy (non-hydrogen) atoms. The van der Waals surface area contributed by atoms with Gasteiger partial charge in [-0.3, -0.25) is 15.0 Å². The molecule has 9 heteroatoms. The van der Waals surface area contributed by atoms with Crippen LogP contribution in [0.15, 0.2) is 46.8 Å². The molecule has 2 rings (SSSR count). The maximum absolute atomic E-state index is 11.8. The van der Waals surface area contributed by atoms with Crippen molar-refractivity contribution in [3.05, 3.63) is 62.5 Å². The van der Waals surface area contributed by atoms with Crippen molar-refractivity contribution in [2.75, 3.05) is 7.11 Å². The Morgan fingerprint density at radius 1 is 1.12 bits per heavy atom. The van der Waals surface area contributed by atoms with Crippen molar-refractivity contribution < 1.29 is 29.6 Å². The number of para-hydroxylation sites is 1. The van der Waals surface area contributed by atoms with Crippen LogP contribution in [0.5, 0.6) is 0 Å². The Hall–Kier alpha value is -3.20. The zero-order valence-electron chi connectivity index (χ0n) is 13.7. The number of hydrogen-bond acceptors (Lipinski definition) is 6. The third-order valence-corrected chi connectivity index (χ3v) is 4.05. The summed E-state index contributed by atoms with van der Waals surface area (Å²) in [5.74, 6) is -4.06. The molecule has 0 bridgehead atoms. The summed E-state index contributed by atoms with van der Waals surface area (Å²) in [5.41, 5.74) is -0.632. The third kappa shape index (κ3) is 2.96. The van der Waals surface area contributed by atoms with Crippen molar-refractivity contribution in [2.24, 2.45) is 0 Å². The number of nitrogens with zero attached hydrogens (tertiary/aromatic N) is 2. The van der Waals surface area contributed by atoms with E-state index in [4.69, 9.17) is 4.84 Å². The SMILES string of the molecule is CON1C(C)=C(C(=O)O)C(c2ccccc2[N+](=O)[O-])C(C(=O)O)=C1C. The largest absolute Gasteiger partial charge is 0.478 e. The van der Waals surface area contributed by atoms with E-state index >= 15 is 0 Å². The first-order valence-corrected chi connectivity index (χ1v) is 7.18. The molecule has 0 atom stereocenters. The third-order valence-electron chi connectivity index (χ3n) is 4.05. The molecule has 1 aromatic carbocycles. The number of allylic oxidation sites excluding steroid dienone is 2. The zero-order chi connectivity index (χ0) is 18.9. The number of carboxylic acid groups (broad SMARTS) is 2. The Morgan fingerprint density at radius 3 is 2.00 bits per heavy atom. The van der Waals surface area contributed by atoms with E-state index in [1.807, 2.05) is 0 Å². The molecule has 1 aliphatic rings. The Morgan fingerprint density at radius 2 is 1.60 bits per heavy atom. The van der Waals surface area contributed by atoms with Crippen molar-refractivity contribution in [1.82, 2.24) is 5.06 Å². The van der Waals surface area contributed by atoms with Crippen LogP contribution >= 0.6 is 0 Å². The van der Waals surface area contributed by atoms with Crippen LogP contribution in [-0.4, -0.2) is 39.2 Å². The Balaban J connectivity index is 2.88. The molecule has 1 aromatic rings. The van der Waals surface area contributed by atoms with Gasteiger partial charge in [-0.05, 0) is 13.8 Å². The molecule has 9 nitrogen and oxygen atoms in total. The van der Waals surface area contributed by atoms with E-state index in [1.165, 1.54) is 45.2 Å². The van der Waals surface area contributed by atoms with Crippen molar-refractivity contribution in [3.63, 3.8) is 0 Å². The van der Waals surface area contributed by atoms with Crippen molar-refractivity contribution in [2.45, 2.75) is 19.8 Å². The van der Waals surface area contributed by atoms with E-state index in [2.05, 4.69) is 0 Å². The van der Waals surface area contributed by atoms with Crippen molar-refractivity contribution in [1.29, 1.82) is 0 Å². The van der Waals surface area contributed by atoms with E-state index in [9.17, 15) is 29.9 Å². The van der Waals surface area contributed by atoms with Gasteiger partial charge < -0.3 is 10.2 Å². The van der Waals surface area contributed by atoms with Gasteiger partial charge in [-0.15, -0.1) is 0 Å². The number of nitro groups is 1. The van der Waals surface area contributed by atoms with Crippen LogP contribution in [0.25, 0.3) is 0 Å². The van der Waals surface area contributed by atoms with Crippen LogP contribution in [0, 0.1) is 10.1 Å². The quantitative estimate of drug-likeness (QED) is 0.612. The summed E-state index contributed by atoms with van der Waals surface area (Å²) < 4.78 is 0. The maximum Gasteiger partial charge on any atom is 0.334 e. The number of hydrogen-bond donors (Lipinski definition) is 2. The monoisotopic (exact) mass is 348 g/mol. The normalized spacial score (nSPS) is 15.6. The second-order valence-electron chi connectivity index (χ2n) is 5.33. The van der Waals surface area contributed by atoms with Gasteiger partial charge in [0.25, 0.3) is 5.69 Å². The lowest BCUT2D eigenvalue weighted by Crippen LogP contribution is -2.34. The van der Waals surface area contributed by atoms with E-state index in [0.717, 1.165) is 5.06 Å². The molecule has 0 saturated carbocycles. The highest BCUT2D eigenvalue weighted by atomic mass is 16.7. The second kappa shape index (κ2) is 6.73. The minimum Gasteiger partial charge on any atom is -0.478 e. The summed E-state index contributed by atoms with van der Waals surface area (Å²) in [7, 11) is 1.28. The van der Waals surface area contributed by atoms with Crippen LogP contribution in [0.2, 0.25) is 0 Å². The van der Waals surface area contributed by atoms with Crippen LogP contribution < -0.4 is 0 Å². The zero-order valence-corrected chi connectivity index (χ0v) is 13.7. The fourth-order valence-electron chi connectivity index (χ4n) is 3.07. The average molecular weight is 348 g/mol. The van der Waals surface area contributed by atoms with Gasteiger partial charge in [-0.2, -0.15) is 0 Å². The van der Waals surface area contributed by atoms with E-state index in [-0.39, 0.29) is 33.8 Å². The number of hydroxylamine groups is 2. The summed E-state index contributed by atoms with van der Waals surface area (Å²) in [6.07, 6.45) is 0. The molecule has 0 radical (unpaired) electrons. The molecule has 0 aliphatic carbocycles. The minimum absolute atomic E-state index is 0.00301. The second-order valence-corrected chi connectivity index (χ2v) is 5.33. The molecule has 0 saturated heterocycles. The smallest absolute Gasteiger partial charge is 0.334 e. The Kier molecular flexibility index (Phi) is 4.89. The van der Waals surface area contributed by atoms with Gasteiger partial charge in [0.15, 0.2) is 0 Å². The number of carbonyl (C=O) groups is 2. The number of aliphatic carboxylic acids is 2.